The summed E-state index contributed by atoms with van der Waals surface area (Å²) in [7, 11) is 0. The van der Waals surface area contributed by atoms with Crippen LogP contribution in [0.3, 0.4) is 0 Å². The molecule has 0 amide bonds. The molecule has 1 aliphatic heterocycles. The summed E-state index contributed by atoms with van der Waals surface area (Å²) in [5.74, 6) is 2.69. The third-order valence-corrected chi connectivity index (χ3v) is 5.37. The Morgan fingerprint density at radius 3 is 2.76 bits per heavy atom. The molecule has 0 bridgehead atoms. The van der Waals surface area contributed by atoms with Gasteiger partial charge in [-0.15, -0.1) is 24.0 Å². The van der Waals surface area contributed by atoms with Crippen LogP contribution in [0.2, 0.25) is 0 Å². The summed E-state index contributed by atoms with van der Waals surface area (Å²) in [6.45, 7) is 5.95. The van der Waals surface area contributed by atoms with E-state index in [4.69, 9.17) is 4.99 Å². The number of guanidine groups is 1. The number of fused-ring (bicyclic) bond motifs is 1. The van der Waals surface area contributed by atoms with Gasteiger partial charge in [-0.05, 0) is 37.5 Å². The molecule has 5 nitrogen and oxygen atoms in total. The van der Waals surface area contributed by atoms with Crippen molar-refractivity contribution in [2.45, 2.75) is 32.1 Å². The van der Waals surface area contributed by atoms with E-state index < -0.39 is 0 Å². The van der Waals surface area contributed by atoms with Crippen LogP contribution >= 0.6 is 24.0 Å². The lowest BCUT2D eigenvalue weighted by atomic mass is 9.99. The Labute approximate surface area is 190 Å². The Morgan fingerprint density at radius 2 is 1.97 bits per heavy atom. The summed E-state index contributed by atoms with van der Waals surface area (Å²) in [5, 5.41) is 3.47. The van der Waals surface area contributed by atoms with Crippen molar-refractivity contribution in [3.8, 4) is 0 Å². The number of hydrogen-bond acceptors (Lipinski definition) is 2. The number of benzene rings is 2. The van der Waals surface area contributed by atoms with Gasteiger partial charge in [0.05, 0.1) is 11.0 Å². The molecule has 0 spiro atoms. The molecule has 1 fully saturated rings. The van der Waals surface area contributed by atoms with Crippen LogP contribution in [0.25, 0.3) is 11.0 Å². The van der Waals surface area contributed by atoms with Crippen LogP contribution in [0.5, 0.6) is 0 Å². The first-order valence-electron chi connectivity index (χ1n) is 10.4. The molecule has 154 valence electrons. The minimum Gasteiger partial charge on any atom is -0.357 e. The fourth-order valence-electron chi connectivity index (χ4n) is 3.93. The van der Waals surface area contributed by atoms with Crippen molar-refractivity contribution in [3.05, 3.63) is 66.0 Å². The van der Waals surface area contributed by atoms with Crippen LogP contribution in [-0.2, 0) is 6.42 Å². The molecular formula is C23H30IN5. The molecule has 0 radical (unpaired) electrons. The number of aromatic nitrogens is 2. The molecular weight excluding hydrogens is 473 g/mol. The number of para-hydroxylation sites is 2. The van der Waals surface area contributed by atoms with E-state index in [0.29, 0.717) is 5.92 Å². The van der Waals surface area contributed by atoms with Gasteiger partial charge < -0.3 is 15.2 Å². The maximum absolute atomic E-state index is 4.88. The van der Waals surface area contributed by atoms with Gasteiger partial charge in [0.15, 0.2) is 5.96 Å². The number of likely N-dealkylation sites (tertiary alicyclic amines) is 1. The van der Waals surface area contributed by atoms with Crippen molar-refractivity contribution in [2.75, 3.05) is 26.2 Å². The first-order valence-corrected chi connectivity index (χ1v) is 10.4. The largest absolute Gasteiger partial charge is 0.357 e. The molecule has 1 aromatic heterocycles. The summed E-state index contributed by atoms with van der Waals surface area (Å²) >= 11 is 0. The number of nitrogens with one attached hydrogen (secondary N) is 2. The number of aryl methyl sites for hydroxylation is 1. The molecule has 1 aliphatic rings. The lowest BCUT2D eigenvalue weighted by molar-refractivity contribution is 0.485. The molecule has 1 unspecified atom stereocenters. The smallest absolute Gasteiger partial charge is 0.193 e. The standard InChI is InChI=1S/C23H29N5.HI/c1-2-24-23(28-16-14-19(17-28)18-9-4-3-5-10-18)25-15-8-13-22-26-20-11-6-7-12-21(20)27-22;/h3-7,9-12,19H,2,8,13-17H2,1H3,(H,24,25)(H,26,27);1H. The molecule has 1 saturated heterocycles. The quantitative estimate of drug-likeness (QED) is 0.224. The summed E-state index contributed by atoms with van der Waals surface area (Å²) in [6, 6.07) is 19.0. The minimum absolute atomic E-state index is 0. The van der Waals surface area contributed by atoms with Gasteiger partial charge >= 0.3 is 0 Å². The zero-order valence-corrected chi connectivity index (χ0v) is 19.3. The average molecular weight is 503 g/mol. The zero-order valence-electron chi connectivity index (χ0n) is 17.0. The van der Waals surface area contributed by atoms with E-state index in [9.17, 15) is 0 Å². The molecule has 6 heteroatoms. The monoisotopic (exact) mass is 503 g/mol. The molecule has 0 saturated carbocycles. The first-order chi connectivity index (χ1) is 13.8. The van der Waals surface area contributed by atoms with Gasteiger partial charge in [-0.25, -0.2) is 4.98 Å². The predicted octanol–water partition coefficient (Wildman–Crippen LogP) is 4.57. The van der Waals surface area contributed by atoms with Crippen molar-refractivity contribution < 1.29 is 0 Å². The lowest BCUT2D eigenvalue weighted by Crippen LogP contribution is -2.40. The number of halogens is 1. The second-order valence-electron chi connectivity index (χ2n) is 7.38. The Balaban J connectivity index is 0.00000240. The van der Waals surface area contributed by atoms with Gasteiger partial charge in [0.1, 0.15) is 5.82 Å². The van der Waals surface area contributed by atoms with Gasteiger partial charge in [0.2, 0.25) is 0 Å². The van der Waals surface area contributed by atoms with Crippen LogP contribution < -0.4 is 5.32 Å². The van der Waals surface area contributed by atoms with E-state index in [1.54, 1.807) is 0 Å². The fraction of sp³-hybridized carbons (Fsp3) is 0.391. The van der Waals surface area contributed by atoms with Gasteiger partial charge in [-0.3, -0.25) is 4.99 Å². The Kier molecular flexibility index (Phi) is 7.91. The van der Waals surface area contributed by atoms with Crippen molar-refractivity contribution in [1.29, 1.82) is 0 Å². The number of rotatable bonds is 6. The normalized spacial score (nSPS) is 16.8. The summed E-state index contributed by atoms with van der Waals surface area (Å²) in [6.07, 6.45) is 3.10. The highest BCUT2D eigenvalue weighted by Crippen LogP contribution is 2.26. The van der Waals surface area contributed by atoms with Crippen LogP contribution in [0.1, 0.15) is 37.1 Å². The molecule has 4 rings (SSSR count). The van der Waals surface area contributed by atoms with Crippen molar-refractivity contribution in [1.82, 2.24) is 20.2 Å². The summed E-state index contributed by atoms with van der Waals surface area (Å²) < 4.78 is 0. The molecule has 3 aromatic rings. The number of nitrogens with zero attached hydrogens (tertiary/aromatic N) is 3. The van der Waals surface area contributed by atoms with E-state index >= 15 is 0 Å². The van der Waals surface area contributed by atoms with Crippen molar-refractivity contribution >= 4 is 41.0 Å². The summed E-state index contributed by atoms with van der Waals surface area (Å²) in [4.78, 5) is 15.3. The SMILES string of the molecule is CCNC(=NCCCc1nc2ccccc2[nH]1)N1CCC(c2ccccc2)C1.I. The van der Waals surface area contributed by atoms with Gasteiger partial charge in [0, 0.05) is 38.5 Å². The van der Waals surface area contributed by atoms with Crippen molar-refractivity contribution in [2.24, 2.45) is 4.99 Å². The Hall–Kier alpha value is -2.09. The number of aliphatic imine (C=N–C) groups is 1. The highest BCUT2D eigenvalue weighted by atomic mass is 127. The molecule has 0 aliphatic carbocycles. The van der Waals surface area contributed by atoms with E-state index in [1.807, 2.05) is 18.2 Å². The Morgan fingerprint density at radius 1 is 1.17 bits per heavy atom. The second kappa shape index (κ2) is 10.6. The molecule has 2 N–H and O–H groups in total. The van der Waals surface area contributed by atoms with Gasteiger partial charge in [0.25, 0.3) is 0 Å². The van der Waals surface area contributed by atoms with Crippen LogP contribution in [0.4, 0.5) is 0 Å². The van der Waals surface area contributed by atoms with Crippen LogP contribution in [0.15, 0.2) is 59.6 Å². The topological polar surface area (TPSA) is 56.3 Å². The predicted molar refractivity (Wildman–Crippen MR) is 131 cm³/mol. The van der Waals surface area contributed by atoms with E-state index in [1.165, 1.54) is 12.0 Å². The fourth-order valence-corrected chi connectivity index (χ4v) is 3.93. The zero-order chi connectivity index (χ0) is 19.2. The highest BCUT2D eigenvalue weighted by Gasteiger charge is 2.25. The first kappa shape index (κ1) is 21.6. The van der Waals surface area contributed by atoms with Crippen molar-refractivity contribution in [3.63, 3.8) is 0 Å². The molecule has 1 atom stereocenters. The van der Waals surface area contributed by atoms with E-state index in [2.05, 4.69) is 63.5 Å². The van der Waals surface area contributed by atoms with Crippen LogP contribution in [0, 0.1) is 0 Å². The van der Waals surface area contributed by atoms with E-state index in [0.717, 1.165) is 61.8 Å². The minimum atomic E-state index is 0. The second-order valence-corrected chi connectivity index (χ2v) is 7.38. The number of H-pyrrole nitrogens is 1. The third-order valence-electron chi connectivity index (χ3n) is 5.37. The number of hydrogen-bond donors (Lipinski definition) is 2. The summed E-state index contributed by atoms with van der Waals surface area (Å²) in [5.41, 5.74) is 3.59. The lowest BCUT2D eigenvalue weighted by Gasteiger charge is -2.21. The Bertz CT molecular complexity index is 888. The van der Waals surface area contributed by atoms with Gasteiger partial charge in [-0.1, -0.05) is 42.5 Å². The third kappa shape index (κ3) is 5.50. The molecule has 2 heterocycles. The highest BCUT2D eigenvalue weighted by molar-refractivity contribution is 14.0. The maximum atomic E-state index is 4.88. The maximum Gasteiger partial charge on any atom is 0.193 e. The number of imidazole rings is 1. The number of aromatic amines is 1. The van der Waals surface area contributed by atoms with Crippen LogP contribution in [-0.4, -0.2) is 47.0 Å². The van der Waals surface area contributed by atoms with Gasteiger partial charge in [-0.2, -0.15) is 0 Å². The average Bonchev–Trinajstić information content (AvgIpc) is 3.38. The molecule has 29 heavy (non-hydrogen) atoms. The molecule has 2 aromatic carbocycles. The van der Waals surface area contributed by atoms with E-state index in [-0.39, 0.29) is 24.0 Å².